The summed E-state index contributed by atoms with van der Waals surface area (Å²) >= 11 is 0. The molecule has 0 aliphatic carbocycles. The minimum atomic E-state index is -0.350. The Kier molecular flexibility index (Phi) is 10.6. The number of nitrogens with zero attached hydrogens (tertiary/aromatic N) is 3. The summed E-state index contributed by atoms with van der Waals surface area (Å²) in [6, 6.07) is 9.63. The van der Waals surface area contributed by atoms with Gasteiger partial charge in [0.1, 0.15) is 11.6 Å². The summed E-state index contributed by atoms with van der Waals surface area (Å²) in [6.45, 7) is 5.09. The van der Waals surface area contributed by atoms with Crippen molar-refractivity contribution in [2.45, 2.75) is 32.7 Å². The van der Waals surface area contributed by atoms with Gasteiger partial charge in [-0.1, -0.05) is 12.1 Å². The van der Waals surface area contributed by atoms with Crippen molar-refractivity contribution in [3.8, 4) is 11.6 Å². The van der Waals surface area contributed by atoms with Gasteiger partial charge in [0.15, 0.2) is 5.96 Å². The molecule has 7 nitrogen and oxygen atoms in total. The molecule has 1 saturated heterocycles. The molecule has 1 fully saturated rings. The molecule has 32 heavy (non-hydrogen) atoms. The summed E-state index contributed by atoms with van der Waals surface area (Å²) in [5.74, 6) is 1.87. The van der Waals surface area contributed by atoms with Crippen molar-refractivity contribution < 1.29 is 13.9 Å². The maximum absolute atomic E-state index is 13.3. The molecule has 0 spiro atoms. The molecule has 0 saturated carbocycles. The minimum Gasteiger partial charge on any atom is -0.439 e. The van der Waals surface area contributed by atoms with E-state index >= 15 is 0 Å². The van der Waals surface area contributed by atoms with Crippen molar-refractivity contribution in [2.24, 2.45) is 10.9 Å². The van der Waals surface area contributed by atoms with E-state index in [1.165, 1.54) is 12.1 Å². The van der Waals surface area contributed by atoms with Gasteiger partial charge in [0.05, 0.1) is 6.54 Å². The fourth-order valence-corrected chi connectivity index (χ4v) is 3.52. The molecule has 2 aromatic rings. The van der Waals surface area contributed by atoms with Crippen molar-refractivity contribution in [1.82, 2.24) is 20.5 Å². The second kappa shape index (κ2) is 13.2. The van der Waals surface area contributed by atoms with Crippen molar-refractivity contribution in [2.75, 3.05) is 26.7 Å². The van der Waals surface area contributed by atoms with Crippen molar-refractivity contribution >= 4 is 35.8 Å². The first-order valence-corrected chi connectivity index (χ1v) is 10.7. The van der Waals surface area contributed by atoms with Gasteiger partial charge in [-0.15, -0.1) is 24.0 Å². The maximum Gasteiger partial charge on any atom is 0.220 e. The molecule has 0 unspecified atom stereocenters. The molecule has 0 atom stereocenters. The van der Waals surface area contributed by atoms with Gasteiger partial charge in [0.2, 0.25) is 11.8 Å². The van der Waals surface area contributed by atoms with E-state index in [4.69, 9.17) is 9.73 Å². The number of carbonyl (C=O) groups excluding carboxylic acids is 1. The molecular formula is C23H31FIN5O2. The molecule has 1 aliphatic heterocycles. The van der Waals surface area contributed by atoms with Gasteiger partial charge in [-0.25, -0.2) is 14.4 Å². The van der Waals surface area contributed by atoms with E-state index in [0.29, 0.717) is 30.5 Å². The predicted octanol–water partition coefficient (Wildman–Crippen LogP) is 3.94. The topological polar surface area (TPSA) is 78.9 Å². The van der Waals surface area contributed by atoms with E-state index in [9.17, 15) is 9.18 Å². The number of likely N-dealkylation sites (tertiary alicyclic amines) is 1. The normalized spacial score (nSPS) is 14.5. The zero-order chi connectivity index (χ0) is 22.1. The molecule has 1 aromatic carbocycles. The van der Waals surface area contributed by atoms with Crippen LogP contribution < -0.4 is 15.4 Å². The maximum atomic E-state index is 13.3. The molecule has 2 heterocycles. The van der Waals surface area contributed by atoms with Gasteiger partial charge in [-0.3, -0.25) is 4.79 Å². The lowest BCUT2D eigenvalue weighted by Gasteiger charge is -2.34. The van der Waals surface area contributed by atoms with Crippen LogP contribution >= 0.6 is 24.0 Å². The number of pyridine rings is 1. The second-order valence-electron chi connectivity index (χ2n) is 7.54. The zero-order valence-corrected chi connectivity index (χ0v) is 20.8. The fourth-order valence-electron chi connectivity index (χ4n) is 3.52. The first-order valence-electron chi connectivity index (χ1n) is 10.7. The first-order chi connectivity index (χ1) is 15.1. The number of benzene rings is 1. The number of nitrogens with one attached hydrogen (secondary N) is 2. The SMILES string of the molecule is CCNC(=NCc1ccc(Oc2cccc(F)c2)nc1)N1CCC(CC(=O)NC)CC1.I. The average Bonchev–Trinajstić information content (AvgIpc) is 2.78. The van der Waals surface area contributed by atoms with Gasteiger partial charge >= 0.3 is 0 Å². The minimum absolute atomic E-state index is 0. The van der Waals surface area contributed by atoms with E-state index in [1.807, 2.05) is 13.0 Å². The van der Waals surface area contributed by atoms with Crippen LogP contribution in [0.1, 0.15) is 31.7 Å². The van der Waals surface area contributed by atoms with Gasteiger partial charge in [-0.05, 0) is 43.4 Å². The smallest absolute Gasteiger partial charge is 0.220 e. The highest BCUT2D eigenvalue weighted by molar-refractivity contribution is 14.0. The molecular weight excluding hydrogens is 524 g/mol. The van der Waals surface area contributed by atoms with Crippen LogP contribution in [0.15, 0.2) is 47.6 Å². The Labute approximate surface area is 205 Å². The van der Waals surface area contributed by atoms with Crippen molar-refractivity contribution in [3.63, 3.8) is 0 Å². The predicted molar refractivity (Wildman–Crippen MR) is 134 cm³/mol. The number of carbonyl (C=O) groups is 1. The third-order valence-electron chi connectivity index (χ3n) is 5.23. The average molecular weight is 555 g/mol. The lowest BCUT2D eigenvalue weighted by molar-refractivity contribution is -0.121. The first kappa shape index (κ1) is 25.8. The van der Waals surface area contributed by atoms with Crippen LogP contribution in [0.4, 0.5) is 4.39 Å². The van der Waals surface area contributed by atoms with Crippen LogP contribution in [0.25, 0.3) is 0 Å². The fraction of sp³-hybridized carbons (Fsp3) is 0.435. The van der Waals surface area contributed by atoms with Crippen LogP contribution in [0, 0.1) is 11.7 Å². The number of amides is 1. The molecule has 0 bridgehead atoms. The lowest BCUT2D eigenvalue weighted by Crippen LogP contribution is -2.46. The molecule has 0 radical (unpaired) electrons. The Morgan fingerprint density at radius 1 is 1.28 bits per heavy atom. The molecule has 3 rings (SSSR count). The van der Waals surface area contributed by atoms with Crippen LogP contribution in [0.5, 0.6) is 11.6 Å². The monoisotopic (exact) mass is 555 g/mol. The number of aromatic nitrogens is 1. The summed E-state index contributed by atoms with van der Waals surface area (Å²) in [5, 5.41) is 6.06. The number of ether oxygens (including phenoxy) is 1. The Morgan fingerprint density at radius 2 is 2.06 bits per heavy atom. The van der Waals surface area contributed by atoms with Crippen LogP contribution in [-0.4, -0.2) is 48.4 Å². The molecule has 1 aliphatic rings. The van der Waals surface area contributed by atoms with E-state index in [1.54, 1.807) is 31.4 Å². The summed E-state index contributed by atoms with van der Waals surface area (Å²) in [7, 11) is 1.68. The quantitative estimate of drug-likeness (QED) is 0.308. The van der Waals surface area contributed by atoms with E-state index in [0.717, 1.165) is 44.0 Å². The molecule has 1 amide bonds. The van der Waals surface area contributed by atoms with Gasteiger partial charge in [-0.2, -0.15) is 0 Å². The lowest BCUT2D eigenvalue weighted by atomic mass is 9.93. The Hall–Kier alpha value is -2.43. The third-order valence-corrected chi connectivity index (χ3v) is 5.23. The van der Waals surface area contributed by atoms with E-state index < -0.39 is 0 Å². The van der Waals surface area contributed by atoms with E-state index in [2.05, 4.69) is 20.5 Å². The summed E-state index contributed by atoms with van der Waals surface area (Å²) < 4.78 is 18.9. The van der Waals surface area contributed by atoms with Crippen molar-refractivity contribution in [3.05, 3.63) is 54.0 Å². The van der Waals surface area contributed by atoms with Gasteiger partial charge in [0.25, 0.3) is 0 Å². The van der Waals surface area contributed by atoms with Crippen LogP contribution in [0.2, 0.25) is 0 Å². The van der Waals surface area contributed by atoms with Crippen LogP contribution in [-0.2, 0) is 11.3 Å². The number of hydrogen-bond donors (Lipinski definition) is 2. The summed E-state index contributed by atoms with van der Waals surface area (Å²) in [5.41, 5.74) is 0.955. The zero-order valence-electron chi connectivity index (χ0n) is 18.5. The highest BCUT2D eigenvalue weighted by Gasteiger charge is 2.23. The highest BCUT2D eigenvalue weighted by Crippen LogP contribution is 2.22. The number of hydrogen-bond acceptors (Lipinski definition) is 4. The third kappa shape index (κ3) is 7.92. The summed E-state index contributed by atoms with van der Waals surface area (Å²) in [4.78, 5) is 22.9. The number of piperidine rings is 1. The second-order valence-corrected chi connectivity index (χ2v) is 7.54. The number of aliphatic imine (C=N–C) groups is 1. The van der Waals surface area contributed by atoms with Gasteiger partial charge in [0, 0.05) is 51.4 Å². The largest absolute Gasteiger partial charge is 0.439 e. The number of guanidine groups is 1. The highest BCUT2D eigenvalue weighted by atomic mass is 127. The van der Waals surface area contributed by atoms with Crippen LogP contribution in [0.3, 0.4) is 0 Å². The number of rotatable bonds is 7. The van der Waals surface area contributed by atoms with Gasteiger partial charge < -0.3 is 20.3 Å². The van der Waals surface area contributed by atoms with E-state index in [-0.39, 0.29) is 35.7 Å². The van der Waals surface area contributed by atoms with Crippen molar-refractivity contribution in [1.29, 1.82) is 0 Å². The molecule has 174 valence electrons. The summed E-state index contributed by atoms with van der Waals surface area (Å²) in [6.07, 6.45) is 4.27. The Morgan fingerprint density at radius 3 is 2.69 bits per heavy atom. The number of halogens is 2. The Bertz CT molecular complexity index is 886. The molecule has 1 aromatic heterocycles. The molecule has 2 N–H and O–H groups in total. The Balaban J connectivity index is 0.00000363. The molecule has 9 heteroatoms. The standard InChI is InChI=1S/C23H30FN5O2.HI/c1-3-26-23(29-11-9-17(10-12-29)13-21(30)25-2)28-16-18-7-8-22(27-15-18)31-20-6-4-5-19(24)14-20;/h4-8,14-15,17H,3,9-13,16H2,1-2H3,(H,25,30)(H,26,28);1H.